The Kier molecular flexibility index (Phi) is 5.39. The predicted molar refractivity (Wildman–Crippen MR) is 145 cm³/mol. The van der Waals surface area contributed by atoms with Gasteiger partial charge < -0.3 is 9.32 Å². The molecule has 3 aromatic rings. The molecule has 0 fully saturated rings. The lowest BCUT2D eigenvalue weighted by Gasteiger charge is -2.45. The molecule has 6 rings (SSSR count). The van der Waals surface area contributed by atoms with Crippen molar-refractivity contribution in [3.8, 4) is 0 Å². The standard InChI is InChI=1S/C31H26ClNO4/c1-17-7-13-20(14-8-17)33-21-15-31(2,3)16-23(35)26(21)25(18-9-11-19(32)12-10-18)28-29(33)27-22(34)5-4-6-24(27)37-30(28)36/h4,6-14,25H,5,15-16H2,1-3H3. The number of fused-ring (bicyclic) bond motifs is 3. The van der Waals surface area contributed by atoms with Crippen LogP contribution in [0.1, 0.15) is 71.8 Å². The van der Waals surface area contributed by atoms with Crippen LogP contribution in [0.5, 0.6) is 0 Å². The number of halogens is 1. The maximum Gasteiger partial charge on any atom is 0.342 e. The van der Waals surface area contributed by atoms with Crippen molar-refractivity contribution >= 4 is 40.6 Å². The van der Waals surface area contributed by atoms with Gasteiger partial charge in [-0.2, -0.15) is 0 Å². The van der Waals surface area contributed by atoms with Crippen LogP contribution in [0.4, 0.5) is 11.4 Å². The van der Waals surface area contributed by atoms with E-state index in [1.54, 1.807) is 24.3 Å². The molecular formula is C31H26ClNO4. The molecule has 0 radical (unpaired) electrons. The fourth-order valence-corrected chi connectivity index (χ4v) is 6.00. The van der Waals surface area contributed by atoms with Crippen molar-refractivity contribution in [3.05, 3.63) is 109 Å². The Morgan fingerprint density at radius 1 is 0.946 bits per heavy atom. The van der Waals surface area contributed by atoms with E-state index in [0.717, 1.165) is 22.5 Å². The zero-order valence-electron chi connectivity index (χ0n) is 20.9. The maximum absolute atomic E-state index is 13.9. The van der Waals surface area contributed by atoms with E-state index in [4.69, 9.17) is 16.0 Å². The fourth-order valence-electron chi connectivity index (χ4n) is 5.88. The smallest absolute Gasteiger partial charge is 0.342 e. The van der Waals surface area contributed by atoms with Gasteiger partial charge in [0.2, 0.25) is 0 Å². The van der Waals surface area contributed by atoms with Gasteiger partial charge in [0.1, 0.15) is 5.76 Å². The fraction of sp³-hybridized carbons (Fsp3) is 0.258. The summed E-state index contributed by atoms with van der Waals surface area (Å²) in [7, 11) is 0. The highest BCUT2D eigenvalue weighted by molar-refractivity contribution is 6.30. The van der Waals surface area contributed by atoms with Crippen LogP contribution in [0.3, 0.4) is 0 Å². The summed E-state index contributed by atoms with van der Waals surface area (Å²) in [6.45, 7) is 6.17. The highest BCUT2D eigenvalue weighted by Crippen LogP contribution is 2.54. The van der Waals surface area contributed by atoms with E-state index in [9.17, 15) is 14.4 Å². The van der Waals surface area contributed by atoms with Crippen LogP contribution in [-0.4, -0.2) is 11.6 Å². The van der Waals surface area contributed by atoms with Crippen LogP contribution < -0.4 is 10.5 Å². The quantitative estimate of drug-likeness (QED) is 0.366. The lowest BCUT2D eigenvalue weighted by molar-refractivity contribution is -0.118. The van der Waals surface area contributed by atoms with Crippen LogP contribution in [0.25, 0.3) is 6.08 Å². The van der Waals surface area contributed by atoms with Gasteiger partial charge in [-0.1, -0.05) is 61.4 Å². The minimum absolute atomic E-state index is 0.00250. The normalized spacial score (nSPS) is 20.0. The maximum atomic E-state index is 13.9. The summed E-state index contributed by atoms with van der Waals surface area (Å²) >= 11 is 6.20. The first-order valence-electron chi connectivity index (χ1n) is 12.4. The molecule has 0 N–H and O–H groups in total. The van der Waals surface area contributed by atoms with E-state index in [1.807, 2.05) is 48.2 Å². The molecule has 0 saturated heterocycles. The largest absolute Gasteiger partial charge is 0.422 e. The molecule has 0 saturated carbocycles. The number of carbonyl (C=O) groups excluding carboxylic acids is 2. The van der Waals surface area contributed by atoms with Crippen LogP contribution in [0.2, 0.25) is 5.02 Å². The molecule has 0 bridgehead atoms. The van der Waals surface area contributed by atoms with Gasteiger partial charge in [-0.15, -0.1) is 0 Å². The summed E-state index contributed by atoms with van der Waals surface area (Å²) in [5.41, 5.74) is 4.45. The predicted octanol–water partition coefficient (Wildman–Crippen LogP) is 7.13. The number of hydrogen-bond acceptors (Lipinski definition) is 5. The zero-order valence-corrected chi connectivity index (χ0v) is 21.7. The van der Waals surface area contributed by atoms with E-state index < -0.39 is 11.5 Å². The molecule has 5 nitrogen and oxygen atoms in total. The second-order valence-electron chi connectivity index (χ2n) is 10.9. The minimum atomic E-state index is -0.659. The highest BCUT2D eigenvalue weighted by atomic mass is 35.5. The first kappa shape index (κ1) is 23.7. The number of hydrogen-bond donors (Lipinski definition) is 0. The third kappa shape index (κ3) is 3.80. The van der Waals surface area contributed by atoms with Crippen LogP contribution in [0, 0.1) is 12.3 Å². The van der Waals surface area contributed by atoms with E-state index in [-0.39, 0.29) is 29.2 Å². The number of carbonyl (C=O) groups is 2. The Morgan fingerprint density at radius 2 is 1.65 bits per heavy atom. The Hall–Kier alpha value is -3.70. The lowest BCUT2D eigenvalue weighted by Crippen LogP contribution is -2.40. The first-order chi connectivity index (χ1) is 17.6. The molecule has 1 atom stereocenters. The molecule has 1 aromatic heterocycles. The molecule has 2 aliphatic carbocycles. The second-order valence-corrected chi connectivity index (χ2v) is 11.3. The first-order valence-corrected chi connectivity index (χ1v) is 12.8. The third-order valence-corrected chi connectivity index (χ3v) is 7.73. The number of ketones is 2. The van der Waals surface area contributed by atoms with Crippen molar-refractivity contribution in [2.75, 3.05) is 4.90 Å². The summed E-state index contributed by atoms with van der Waals surface area (Å²) in [5, 5.41) is 0.559. The summed E-state index contributed by atoms with van der Waals surface area (Å²) < 4.78 is 5.75. The van der Waals surface area contributed by atoms with E-state index in [1.165, 1.54) is 0 Å². The van der Waals surface area contributed by atoms with Crippen LogP contribution in [0.15, 0.2) is 75.1 Å². The van der Waals surface area contributed by atoms with Crippen molar-refractivity contribution < 1.29 is 14.0 Å². The molecule has 0 amide bonds. The van der Waals surface area contributed by atoms with Gasteiger partial charge in [-0.3, -0.25) is 9.59 Å². The number of benzene rings is 2. The van der Waals surface area contributed by atoms with E-state index in [2.05, 4.69) is 13.8 Å². The van der Waals surface area contributed by atoms with Crippen LogP contribution >= 0.6 is 11.6 Å². The van der Waals surface area contributed by atoms with Gasteiger partial charge in [-0.25, -0.2) is 4.79 Å². The van der Waals surface area contributed by atoms with Gasteiger partial charge in [0.25, 0.3) is 0 Å². The summed E-state index contributed by atoms with van der Waals surface area (Å²) in [5.74, 6) is -0.516. The Labute approximate surface area is 220 Å². The number of aryl methyl sites for hydroxylation is 1. The topological polar surface area (TPSA) is 67.6 Å². The van der Waals surface area contributed by atoms with Gasteiger partial charge in [0.05, 0.1) is 16.8 Å². The van der Waals surface area contributed by atoms with E-state index >= 15 is 0 Å². The van der Waals surface area contributed by atoms with Crippen LogP contribution in [-0.2, 0) is 4.79 Å². The number of allylic oxidation sites excluding steroid dienone is 3. The monoisotopic (exact) mass is 511 g/mol. The molecular weight excluding hydrogens is 486 g/mol. The third-order valence-electron chi connectivity index (χ3n) is 7.48. The SMILES string of the molecule is Cc1ccc(N2C3=C(C(=O)CC(C)(C)C3)C(c3ccc(Cl)cc3)c3c2c2c(oc3=O)C=CCC2=O)cc1. The summed E-state index contributed by atoms with van der Waals surface area (Å²) in [6, 6.07) is 15.1. The molecule has 6 heteroatoms. The van der Waals surface area contributed by atoms with Crippen molar-refractivity contribution in [2.24, 2.45) is 5.41 Å². The second kappa shape index (κ2) is 8.42. The molecule has 1 unspecified atom stereocenters. The van der Waals surface area contributed by atoms with Crippen molar-refractivity contribution in [2.45, 2.75) is 46.0 Å². The number of nitrogens with zero attached hydrogens (tertiary/aromatic N) is 1. The van der Waals surface area contributed by atoms with Gasteiger partial charge in [0, 0.05) is 40.7 Å². The average Bonchev–Trinajstić information content (AvgIpc) is 2.83. The van der Waals surface area contributed by atoms with E-state index in [0.29, 0.717) is 40.3 Å². The molecule has 0 spiro atoms. The van der Waals surface area contributed by atoms with Gasteiger partial charge in [-0.05, 0) is 54.7 Å². The number of rotatable bonds is 2. The summed E-state index contributed by atoms with van der Waals surface area (Å²) in [6.07, 6.45) is 4.61. The molecule has 1 aliphatic heterocycles. The number of Topliss-reactive ketones (excluding diaryl/α,β-unsaturated/α-hetero) is 2. The van der Waals surface area contributed by atoms with Crippen molar-refractivity contribution in [1.29, 1.82) is 0 Å². The molecule has 2 aromatic carbocycles. The Morgan fingerprint density at radius 3 is 2.35 bits per heavy atom. The Bertz CT molecular complexity index is 1590. The Balaban J connectivity index is 1.77. The van der Waals surface area contributed by atoms with Crippen molar-refractivity contribution in [1.82, 2.24) is 0 Å². The number of anilines is 2. The molecule has 37 heavy (non-hydrogen) atoms. The van der Waals surface area contributed by atoms with Gasteiger partial charge >= 0.3 is 5.63 Å². The zero-order chi connectivity index (χ0) is 26.1. The lowest BCUT2D eigenvalue weighted by atomic mass is 9.68. The minimum Gasteiger partial charge on any atom is -0.422 e. The van der Waals surface area contributed by atoms with Crippen molar-refractivity contribution in [3.63, 3.8) is 0 Å². The molecule has 186 valence electrons. The molecule has 2 heterocycles. The summed E-state index contributed by atoms with van der Waals surface area (Å²) in [4.78, 5) is 43.0. The van der Waals surface area contributed by atoms with Gasteiger partial charge in [0.15, 0.2) is 11.6 Å². The highest BCUT2D eigenvalue weighted by Gasteiger charge is 2.47. The molecule has 3 aliphatic rings. The average molecular weight is 512 g/mol.